The lowest BCUT2D eigenvalue weighted by atomic mass is 9.89. The molecule has 6 nitrogen and oxygen atoms in total. The smallest absolute Gasteiger partial charge is 0.433 e. The highest BCUT2D eigenvalue weighted by Gasteiger charge is 2.33. The van der Waals surface area contributed by atoms with Crippen LogP contribution in [0.15, 0.2) is 23.4 Å². The van der Waals surface area contributed by atoms with Crippen LogP contribution in [0.3, 0.4) is 0 Å². The van der Waals surface area contributed by atoms with E-state index in [1.54, 1.807) is 6.92 Å². The molecule has 0 radical (unpaired) electrons. The van der Waals surface area contributed by atoms with Crippen LogP contribution < -0.4 is 10.1 Å². The van der Waals surface area contributed by atoms with Crippen LogP contribution in [-0.4, -0.2) is 46.7 Å². The molecule has 1 aliphatic heterocycles. The van der Waals surface area contributed by atoms with E-state index in [9.17, 15) is 18.0 Å². The number of pyridine rings is 1. The first-order valence-corrected chi connectivity index (χ1v) is 10.4. The van der Waals surface area contributed by atoms with Gasteiger partial charge in [-0.15, -0.1) is 0 Å². The summed E-state index contributed by atoms with van der Waals surface area (Å²) in [6.07, 6.45) is -1.02. The van der Waals surface area contributed by atoms with Crippen molar-refractivity contribution in [3.8, 4) is 5.88 Å². The SMILES string of the molecule is CSc1nc(C)c(C(=O)COc2cccc(C(F)(F)F)n2)c(C2CCNCC2)n1. The zero-order valence-corrected chi connectivity index (χ0v) is 16.9. The molecule has 1 saturated heterocycles. The molecule has 0 saturated carbocycles. The predicted molar refractivity (Wildman–Crippen MR) is 102 cm³/mol. The Balaban J connectivity index is 1.83. The summed E-state index contributed by atoms with van der Waals surface area (Å²) in [6.45, 7) is 2.97. The Kier molecular flexibility index (Phi) is 6.74. The maximum Gasteiger partial charge on any atom is 0.433 e. The van der Waals surface area contributed by atoms with E-state index in [-0.39, 0.29) is 17.6 Å². The van der Waals surface area contributed by atoms with Crippen molar-refractivity contribution >= 4 is 17.5 Å². The van der Waals surface area contributed by atoms with Gasteiger partial charge in [-0.2, -0.15) is 13.2 Å². The van der Waals surface area contributed by atoms with Crippen LogP contribution in [0.1, 0.15) is 46.2 Å². The van der Waals surface area contributed by atoms with Gasteiger partial charge in [-0.25, -0.2) is 15.0 Å². The molecule has 2 aromatic heterocycles. The maximum absolute atomic E-state index is 12.9. The van der Waals surface area contributed by atoms with E-state index < -0.39 is 18.5 Å². The molecule has 3 heterocycles. The molecule has 0 bridgehead atoms. The number of aromatic nitrogens is 3. The fourth-order valence-electron chi connectivity index (χ4n) is 3.26. The number of carbonyl (C=O) groups excluding carboxylic acids is 1. The first-order chi connectivity index (χ1) is 13.8. The van der Waals surface area contributed by atoms with Gasteiger partial charge in [-0.05, 0) is 45.2 Å². The minimum Gasteiger partial charge on any atom is -0.469 e. The second kappa shape index (κ2) is 9.08. The lowest BCUT2D eigenvalue weighted by Gasteiger charge is -2.24. The van der Waals surface area contributed by atoms with Crippen LogP contribution in [0.4, 0.5) is 13.2 Å². The highest BCUT2D eigenvalue weighted by molar-refractivity contribution is 7.98. The van der Waals surface area contributed by atoms with Crippen molar-refractivity contribution in [1.29, 1.82) is 0 Å². The number of alkyl halides is 3. The number of ether oxygens (including phenoxy) is 1. The van der Waals surface area contributed by atoms with Crippen LogP contribution in [0.2, 0.25) is 0 Å². The summed E-state index contributed by atoms with van der Waals surface area (Å²) in [6, 6.07) is 3.33. The molecule has 1 aliphatic rings. The Morgan fingerprint density at radius 2 is 1.97 bits per heavy atom. The average Bonchev–Trinajstić information content (AvgIpc) is 2.71. The number of hydrogen-bond acceptors (Lipinski definition) is 7. The van der Waals surface area contributed by atoms with E-state index in [0.29, 0.717) is 22.1 Å². The van der Waals surface area contributed by atoms with E-state index in [0.717, 1.165) is 32.0 Å². The van der Waals surface area contributed by atoms with E-state index in [1.807, 2.05) is 6.26 Å². The second-order valence-corrected chi connectivity index (χ2v) is 7.42. The van der Waals surface area contributed by atoms with Crippen molar-refractivity contribution in [3.05, 3.63) is 40.8 Å². The quantitative estimate of drug-likeness (QED) is 0.429. The first-order valence-electron chi connectivity index (χ1n) is 9.13. The van der Waals surface area contributed by atoms with Crippen molar-refractivity contribution < 1.29 is 22.7 Å². The number of ketones is 1. The summed E-state index contributed by atoms with van der Waals surface area (Å²) in [4.78, 5) is 25.3. The Hall–Kier alpha value is -2.20. The van der Waals surface area contributed by atoms with Gasteiger partial charge in [0, 0.05) is 12.0 Å². The highest BCUT2D eigenvalue weighted by Crippen LogP contribution is 2.30. The van der Waals surface area contributed by atoms with Crippen LogP contribution in [-0.2, 0) is 6.18 Å². The molecule has 29 heavy (non-hydrogen) atoms. The van der Waals surface area contributed by atoms with E-state index in [1.165, 1.54) is 23.9 Å². The summed E-state index contributed by atoms with van der Waals surface area (Å²) < 4.78 is 43.7. The Morgan fingerprint density at radius 1 is 1.24 bits per heavy atom. The number of halogens is 3. The molecule has 1 N–H and O–H groups in total. The molecule has 10 heteroatoms. The molecule has 0 atom stereocenters. The topological polar surface area (TPSA) is 77.0 Å². The molecule has 156 valence electrons. The maximum atomic E-state index is 12.9. The number of aryl methyl sites for hydroxylation is 1. The Bertz CT molecular complexity index is 886. The van der Waals surface area contributed by atoms with E-state index in [2.05, 4.69) is 20.3 Å². The number of rotatable bonds is 6. The van der Waals surface area contributed by atoms with Crippen LogP contribution in [0, 0.1) is 6.92 Å². The van der Waals surface area contributed by atoms with E-state index >= 15 is 0 Å². The molecule has 3 rings (SSSR count). The lowest BCUT2D eigenvalue weighted by molar-refractivity contribution is -0.141. The van der Waals surface area contributed by atoms with Gasteiger partial charge in [-0.3, -0.25) is 4.79 Å². The third-order valence-corrected chi connectivity index (χ3v) is 5.20. The largest absolute Gasteiger partial charge is 0.469 e. The number of nitrogens with one attached hydrogen (secondary N) is 1. The normalized spacial score (nSPS) is 15.3. The van der Waals surface area contributed by atoms with Gasteiger partial charge >= 0.3 is 6.18 Å². The Morgan fingerprint density at radius 3 is 2.62 bits per heavy atom. The van der Waals surface area contributed by atoms with Gasteiger partial charge in [-0.1, -0.05) is 17.8 Å². The van der Waals surface area contributed by atoms with E-state index in [4.69, 9.17) is 4.74 Å². The fourth-order valence-corrected chi connectivity index (χ4v) is 3.68. The fraction of sp³-hybridized carbons (Fsp3) is 0.474. The van der Waals surface area contributed by atoms with Crippen molar-refractivity contribution in [2.45, 2.75) is 37.0 Å². The summed E-state index contributed by atoms with van der Waals surface area (Å²) in [5.74, 6) is -0.506. The van der Waals surface area contributed by atoms with Crippen LogP contribution in [0.5, 0.6) is 5.88 Å². The van der Waals surface area contributed by atoms with Crippen molar-refractivity contribution in [3.63, 3.8) is 0 Å². The minimum absolute atomic E-state index is 0.120. The van der Waals surface area contributed by atoms with Gasteiger partial charge < -0.3 is 10.1 Å². The molecule has 1 fully saturated rings. The third-order valence-electron chi connectivity index (χ3n) is 4.65. The second-order valence-electron chi connectivity index (χ2n) is 6.65. The molecule has 0 aromatic carbocycles. The number of carbonyl (C=O) groups is 1. The van der Waals surface area contributed by atoms with Gasteiger partial charge in [0.2, 0.25) is 11.7 Å². The minimum atomic E-state index is -4.58. The monoisotopic (exact) mass is 426 g/mol. The number of piperidine rings is 1. The molecule has 0 aliphatic carbocycles. The number of Topliss-reactive ketones (excluding diaryl/α,β-unsaturated/α-hetero) is 1. The summed E-state index contributed by atoms with van der Waals surface area (Å²) >= 11 is 1.40. The lowest BCUT2D eigenvalue weighted by Crippen LogP contribution is -2.29. The molecule has 2 aromatic rings. The standard InChI is InChI=1S/C19H21F3N4O2S/c1-11-16(17(26-18(24-11)29-2)12-6-8-23-9-7-12)13(27)10-28-15-5-3-4-14(25-15)19(20,21)22/h3-5,12,23H,6-10H2,1-2H3. The molecule has 0 unspecified atom stereocenters. The average molecular weight is 426 g/mol. The summed E-state index contributed by atoms with van der Waals surface area (Å²) in [5.41, 5.74) is 0.556. The molecular weight excluding hydrogens is 405 g/mol. The van der Waals surface area contributed by atoms with Crippen molar-refractivity contribution in [2.24, 2.45) is 0 Å². The number of thioether (sulfide) groups is 1. The van der Waals surface area contributed by atoms with Gasteiger partial charge in [0.15, 0.2) is 11.8 Å². The van der Waals surface area contributed by atoms with Crippen molar-refractivity contribution in [1.82, 2.24) is 20.3 Å². The molecule has 0 amide bonds. The Labute approximate surface area is 170 Å². The van der Waals surface area contributed by atoms with Gasteiger partial charge in [0.25, 0.3) is 0 Å². The zero-order valence-electron chi connectivity index (χ0n) is 16.0. The van der Waals surface area contributed by atoms with Crippen LogP contribution >= 0.6 is 11.8 Å². The molecular formula is C19H21F3N4O2S. The molecule has 0 spiro atoms. The number of hydrogen-bond donors (Lipinski definition) is 1. The number of nitrogens with zero attached hydrogens (tertiary/aromatic N) is 3. The van der Waals surface area contributed by atoms with Gasteiger partial charge in [0.1, 0.15) is 5.69 Å². The third kappa shape index (κ3) is 5.24. The van der Waals surface area contributed by atoms with Crippen molar-refractivity contribution in [2.75, 3.05) is 26.0 Å². The first kappa shape index (κ1) is 21.5. The summed E-state index contributed by atoms with van der Waals surface area (Å²) in [5, 5.41) is 3.87. The van der Waals surface area contributed by atoms with Gasteiger partial charge in [0.05, 0.1) is 17.0 Å². The highest BCUT2D eigenvalue weighted by atomic mass is 32.2. The zero-order chi connectivity index (χ0) is 21.0. The summed E-state index contributed by atoms with van der Waals surface area (Å²) in [7, 11) is 0. The van der Waals surface area contributed by atoms with Crippen LogP contribution in [0.25, 0.3) is 0 Å². The predicted octanol–water partition coefficient (Wildman–Crippen LogP) is 3.65.